The molecule has 2 aromatic rings. The molecule has 3 heterocycles. The highest BCUT2D eigenvalue weighted by molar-refractivity contribution is 5.94. The summed E-state index contributed by atoms with van der Waals surface area (Å²) in [5.74, 6) is 0.0212. The normalized spacial score (nSPS) is 21.4. The lowest BCUT2D eigenvalue weighted by Gasteiger charge is -2.44. The van der Waals surface area contributed by atoms with E-state index < -0.39 is 5.60 Å². The third kappa shape index (κ3) is 3.64. The lowest BCUT2D eigenvalue weighted by atomic mass is 9.91. The molecule has 0 bridgehead atoms. The third-order valence-corrected chi connectivity index (χ3v) is 5.52. The number of rotatable bonds is 4. The molecule has 2 amide bonds. The van der Waals surface area contributed by atoms with E-state index in [4.69, 9.17) is 4.74 Å². The van der Waals surface area contributed by atoms with Gasteiger partial charge < -0.3 is 15.0 Å². The number of ether oxygens (including phenoxy) is 1. The Balaban J connectivity index is 1.42. The monoisotopic (exact) mass is 383 g/mol. The number of aromatic nitrogens is 3. The zero-order valence-corrected chi connectivity index (χ0v) is 16.1. The molecule has 0 saturated carbocycles. The summed E-state index contributed by atoms with van der Waals surface area (Å²) < 4.78 is 8.11. The van der Waals surface area contributed by atoms with Crippen molar-refractivity contribution in [2.24, 2.45) is 0 Å². The van der Waals surface area contributed by atoms with Gasteiger partial charge in [0, 0.05) is 18.5 Å². The molecule has 1 saturated heterocycles. The SMILES string of the molecule is CCC(=O)N1CCCC2(C1)Cn1nnc(CNC(=O)c3ccccc3)c1CO2. The maximum Gasteiger partial charge on any atom is 0.251 e. The van der Waals surface area contributed by atoms with E-state index in [1.807, 2.05) is 34.7 Å². The number of carbonyl (C=O) groups excluding carboxylic acids is 2. The van der Waals surface area contributed by atoms with Gasteiger partial charge >= 0.3 is 0 Å². The molecule has 1 unspecified atom stereocenters. The first-order valence-corrected chi connectivity index (χ1v) is 9.76. The van der Waals surface area contributed by atoms with Crippen LogP contribution in [-0.2, 0) is 29.2 Å². The molecule has 0 radical (unpaired) electrons. The highest BCUT2D eigenvalue weighted by Gasteiger charge is 2.42. The summed E-state index contributed by atoms with van der Waals surface area (Å²) in [6, 6.07) is 9.09. The molecular formula is C20H25N5O3. The van der Waals surface area contributed by atoms with Gasteiger partial charge in [0.05, 0.1) is 31.9 Å². The van der Waals surface area contributed by atoms with Gasteiger partial charge in [-0.05, 0) is 25.0 Å². The average Bonchev–Trinajstić information content (AvgIpc) is 3.13. The van der Waals surface area contributed by atoms with Crippen LogP contribution in [0.1, 0.15) is 47.9 Å². The lowest BCUT2D eigenvalue weighted by Crippen LogP contribution is -2.55. The van der Waals surface area contributed by atoms with Crippen molar-refractivity contribution in [3.05, 3.63) is 47.3 Å². The van der Waals surface area contributed by atoms with Gasteiger partial charge in [0.25, 0.3) is 5.91 Å². The lowest BCUT2D eigenvalue weighted by molar-refractivity contribution is -0.152. The Hall–Kier alpha value is -2.74. The summed E-state index contributed by atoms with van der Waals surface area (Å²) in [5, 5.41) is 11.4. The fraction of sp³-hybridized carbons (Fsp3) is 0.500. The molecule has 1 spiro atoms. The second kappa shape index (κ2) is 7.71. The molecule has 8 nitrogen and oxygen atoms in total. The van der Waals surface area contributed by atoms with Crippen LogP contribution in [0.3, 0.4) is 0 Å². The average molecular weight is 383 g/mol. The molecule has 1 aromatic heterocycles. The van der Waals surface area contributed by atoms with Gasteiger partial charge in [-0.15, -0.1) is 5.10 Å². The van der Waals surface area contributed by atoms with Crippen molar-refractivity contribution < 1.29 is 14.3 Å². The van der Waals surface area contributed by atoms with E-state index in [-0.39, 0.29) is 11.8 Å². The van der Waals surface area contributed by atoms with Gasteiger partial charge in [0.15, 0.2) is 0 Å². The molecule has 8 heteroatoms. The maximum absolute atomic E-state index is 12.2. The minimum atomic E-state index is -0.395. The summed E-state index contributed by atoms with van der Waals surface area (Å²) in [6.45, 7) is 4.54. The van der Waals surface area contributed by atoms with Crippen LogP contribution in [0.2, 0.25) is 0 Å². The quantitative estimate of drug-likeness (QED) is 0.864. The second-order valence-corrected chi connectivity index (χ2v) is 7.43. The smallest absolute Gasteiger partial charge is 0.251 e. The second-order valence-electron chi connectivity index (χ2n) is 7.43. The number of amides is 2. The molecule has 1 aromatic carbocycles. The van der Waals surface area contributed by atoms with E-state index in [9.17, 15) is 9.59 Å². The van der Waals surface area contributed by atoms with Gasteiger partial charge in [-0.1, -0.05) is 30.3 Å². The van der Waals surface area contributed by atoms with Crippen molar-refractivity contribution in [2.75, 3.05) is 13.1 Å². The molecule has 148 valence electrons. The Morgan fingerprint density at radius 3 is 2.86 bits per heavy atom. The fourth-order valence-electron chi connectivity index (χ4n) is 3.97. The van der Waals surface area contributed by atoms with E-state index in [2.05, 4.69) is 15.6 Å². The van der Waals surface area contributed by atoms with Crippen LogP contribution < -0.4 is 5.32 Å². The highest BCUT2D eigenvalue weighted by atomic mass is 16.5. The largest absolute Gasteiger partial charge is 0.365 e. The molecule has 2 aliphatic heterocycles. The minimum Gasteiger partial charge on any atom is -0.365 e. The zero-order chi connectivity index (χ0) is 19.6. The van der Waals surface area contributed by atoms with Crippen molar-refractivity contribution >= 4 is 11.8 Å². The predicted molar refractivity (Wildman–Crippen MR) is 101 cm³/mol. The van der Waals surface area contributed by atoms with Gasteiger partial charge in [0.1, 0.15) is 11.3 Å². The summed E-state index contributed by atoms with van der Waals surface area (Å²) in [4.78, 5) is 26.2. The number of benzene rings is 1. The van der Waals surface area contributed by atoms with Crippen LogP contribution in [0.15, 0.2) is 30.3 Å². The zero-order valence-electron chi connectivity index (χ0n) is 16.1. The first-order chi connectivity index (χ1) is 13.6. The molecule has 28 heavy (non-hydrogen) atoms. The Labute approximate surface area is 163 Å². The van der Waals surface area contributed by atoms with E-state index in [0.717, 1.165) is 30.8 Å². The van der Waals surface area contributed by atoms with Crippen LogP contribution in [0.5, 0.6) is 0 Å². The number of nitrogens with zero attached hydrogens (tertiary/aromatic N) is 4. The van der Waals surface area contributed by atoms with Gasteiger partial charge in [-0.25, -0.2) is 4.68 Å². The number of hydrogen-bond donors (Lipinski definition) is 1. The Morgan fingerprint density at radius 1 is 1.25 bits per heavy atom. The summed E-state index contributed by atoms with van der Waals surface area (Å²) in [7, 11) is 0. The molecular weight excluding hydrogens is 358 g/mol. The number of piperidine rings is 1. The summed E-state index contributed by atoms with van der Waals surface area (Å²) in [5.41, 5.74) is 1.82. The van der Waals surface area contributed by atoms with Crippen LogP contribution in [0.4, 0.5) is 0 Å². The van der Waals surface area contributed by atoms with Gasteiger partial charge in [-0.2, -0.15) is 0 Å². The fourth-order valence-corrected chi connectivity index (χ4v) is 3.97. The van der Waals surface area contributed by atoms with Crippen molar-refractivity contribution in [1.29, 1.82) is 0 Å². The summed E-state index contributed by atoms with van der Waals surface area (Å²) >= 11 is 0. The van der Waals surface area contributed by atoms with Gasteiger partial charge in [0.2, 0.25) is 5.91 Å². The van der Waals surface area contributed by atoms with Crippen LogP contribution in [-0.4, -0.2) is 50.4 Å². The first kappa shape index (κ1) is 18.6. The molecule has 0 aliphatic carbocycles. The number of likely N-dealkylation sites (tertiary alicyclic amines) is 1. The molecule has 2 aliphatic rings. The highest BCUT2D eigenvalue weighted by Crippen LogP contribution is 2.32. The third-order valence-electron chi connectivity index (χ3n) is 5.52. The van der Waals surface area contributed by atoms with Crippen molar-refractivity contribution in [1.82, 2.24) is 25.2 Å². The number of nitrogens with one attached hydrogen (secondary N) is 1. The van der Waals surface area contributed by atoms with Gasteiger partial charge in [-0.3, -0.25) is 9.59 Å². The van der Waals surface area contributed by atoms with E-state index in [1.165, 1.54) is 0 Å². The first-order valence-electron chi connectivity index (χ1n) is 9.76. The molecule has 4 rings (SSSR count). The molecule has 1 atom stereocenters. The Bertz CT molecular complexity index is 866. The van der Waals surface area contributed by atoms with Crippen molar-refractivity contribution in [3.63, 3.8) is 0 Å². The Kier molecular flexibility index (Phi) is 5.13. The van der Waals surface area contributed by atoms with Crippen molar-refractivity contribution in [2.45, 2.75) is 51.5 Å². The van der Waals surface area contributed by atoms with E-state index >= 15 is 0 Å². The van der Waals surface area contributed by atoms with E-state index in [0.29, 0.717) is 38.2 Å². The molecule has 1 N–H and O–H groups in total. The predicted octanol–water partition coefficient (Wildman–Crippen LogP) is 1.51. The number of hydrogen-bond acceptors (Lipinski definition) is 5. The van der Waals surface area contributed by atoms with E-state index in [1.54, 1.807) is 12.1 Å². The Morgan fingerprint density at radius 2 is 2.07 bits per heavy atom. The standard InChI is InChI=1S/C20H25N5O3/c1-2-18(26)24-10-6-9-20(13-24)14-25-17(12-28-20)16(22-23-25)11-21-19(27)15-7-4-3-5-8-15/h3-5,7-8H,2,6,9-14H2,1H3,(H,21,27). The number of fused-ring (bicyclic) bond motifs is 1. The topological polar surface area (TPSA) is 89.4 Å². The minimum absolute atomic E-state index is 0.142. The van der Waals surface area contributed by atoms with Crippen LogP contribution >= 0.6 is 0 Å². The van der Waals surface area contributed by atoms with Crippen LogP contribution in [0, 0.1) is 0 Å². The summed E-state index contributed by atoms with van der Waals surface area (Å²) in [6.07, 6.45) is 2.34. The van der Waals surface area contributed by atoms with Crippen LogP contribution in [0.25, 0.3) is 0 Å². The number of carbonyl (C=O) groups is 2. The maximum atomic E-state index is 12.2. The van der Waals surface area contributed by atoms with Crippen molar-refractivity contribution in [3.8, 4) is 0 Å². The molecule has 1 fully saturated rings.